The minimum absolute atomic E-state index is 0.365. The normalized spacial score (nSPS) is 8.75. The van der Waals surface area contributed by atoms with Gasteiger partial charge < -0.3 is 34.2 Å². The third-order valence-electron chi connectivity index (χ3n) is 5.83. The Morgan fingerprint density at radius 1 is 0.490 bits per heavy atom. The number of rotatable bonds is 26. The molecular weight excluding hydrogens is 662 g/mol. The number of hydrogen-bond donors (Lipinski definition) is 1. The van der Waals surface area contributed by atoms with Crippen LogP contribution in [0.4, 0.5) is 4.79 Å². The van der Waals surface area contributed by atoms with Crippen molar-refractivity contribution >= 4 is 38.5 Å². The van der Waals surface area contributed by atoms with E-state index in [9.17, 15) is 28.8 Å². The summed E-state index contributed by atoms with van der Waals surface area (Å²) in [5, 5.41) is 0. The highest BCUT2D eigenvalue weighted by atomic mass is 16.5. The smallest absolute Gasteiger partial charge is 0.404 e. The van der Waals surface area contributed by atoms with E-state index >= 15 is 0 Å². The van der Waals surface area contributed by atoms with Crippen LogP contribution in [0.3, 0.4) is 0 Å². The topological polar surface area (TPSA) is 184 Å². The van der Waals surface area contributed by atoms with E-state index in [1.807, 2.05) is 52.0 Å². The molecule has 1 aromatic carbocycles. The Bertz CT molecular complexity index is 839. The molecule has 0 saturated heterocycles. The Kier molecular flexibility index (Phi) is 64.0. The first-order valence-corrected chi connectivity index (χ1v) is 18.0. The molecule has 0 heterocycles. The number of carbonyl (C=O) groups excluding carboxylic acids is 6. The molecule has 0 saturated carbocycles. The van der Waals surface area contributed by atoms with Gasteiger partial charge in [-0.1, -0.05) is 122 Å². The van der Waals surface area contributed by atoms with Gasteiger partial charge in [-0.25, -0.2) is 4.79 Å². The predicted molar refractivity (Wildman–Crippen MR) is 199 cm³/mol. The second-order valence-corrected chi connectivity index (χ2v) is 10.6. The van der Waals surface area contributed by atoms with Crippen molar-refractivity contribution in [1.29, 1.82) is 0 Å². The number of unbranched alkanes of at least 4 members (excludes halogenated alkanes) is 9. The van der Waals surface area contributed by atoms with E-state index < -0.39 is 6.09 Å². The lowest BCUT2D eigenvalue weighted by Crippen LogP contribution is -2.12. The number of amides is 1. The fraction of sp³-hybridized carbons (Fsp3) is 0.684. The van der Waals surface area contributed by atoms with Gasteiger partial charge in [0.1, 0.15) is 6.61 Å². The number of carbonyl (C=O) groups is 6. The number of aryl methyl sites for hydroxylation is 1. The number of hydrogen-bond acceptors (Lipinski definition) is 12. The maximum atomic E-state index is 9.82. The predicted octanol–water partition coefficient (Wildman–Crippen LogP) is 7.95. The summed E-state index contributed by atoms with van der Waals surface area (Å²) in [6.45, 7) is 17.8. The average molecular weight is 732 g/mol. The molecule has 0 aliphatic carbocycles. The van der Waals surface area contributed by atoms with Crippen LogP contribution >= 0.6 is 0 Å². The number of benzene rings is 1. The molecule has 298 valence electrons. The number of primary amides is 1. The minimum Gasteiger partial charge on any atom is -0.468 e. The van der Waals surface area contributed by atoms with Crippen molar-refractivity contribution in [2.75, 3.05) is 33.0 Å². The molecule has 0 radical (unpaired) electrons. The third-order valence-corrected chi connectivity index (χ3v) is 5.83. The second kappa shape index (κ2) is 58.1. The van der Waals surface area contributed by atoms with Crippen LogP contribution in [-0.2, 0) is 59.0 Å². The van der Waals surface area contributed by atoms with E-state index in [1.165, 1.54) is 56.9 Å². The first-order chi connectivity index (χ1) is 24.8. The molecule has 0 spiro atoms. The van der Waals surface area contributed by atoms with Crippen LogP contribution in [0.5, 0.6) is 0 Å². The van der Waals surface area contributed by atoms with Crippen molar-refractivity contribution in [2.45, 2.75) is 138 Å². The van der Waals surface area contributed by atoms with Crippen LogP contribution < -0.4 is 5.73 Å². The Morgan fingerprint density at radius 3 is 1.22 bits per heavy atom. The zero-order valence-electron chi connectivity index (χ0n) is 32.3. The lowest BCUT2D eigenvalue weighted by Gasteiger charge is -1.98. The highest BCUT2D eigenvalue weighted by Gasteiger charge is 1.91. The molecule has 0 aliphatic heterocycles. The van der Waals surface area contributed by atoms with Crippen molar-refractivity contribution in [3.63, 3.8) is 0 Å². The first kappa shape index (κ1) is 56.2. The van der Waals surface area contributed by atoms with Crippen molar-refractivity contribution in [3.05, 3.63) is 35.4 Å². The summed E-state index contributed by atoms with van der Waals surface area (Å²) < 4.78 is 26.7. The standard InChI is InChI=1S/C9H10O2.C9H18O2.C7H14O2.C5H10O2.C4H9NO2.C4H8O2/c1-8-2-4-9(5-3-8)6-11-7-10;1-2-3-4-5-6-7-8-11-9-10;1-2-3-4-5-6-9-7-8;1-2-3-4-7-5-6;1-2-3-7-4(5)6;1-2-3-6-4-5/h2-5,7H,6H2,1H3;9H,2-8H2,1H3;7H,2-6H2,1H3;5H,2-4H2,1H3;2-3H2,1H3,(H2,5,6);4H,2-3H2,1H3. The van der Waals surface area contributed by atoms with Gasteiger partial charge in [0.05, 0.1) is 33.0 Å². The highest BCUT2D eigenvalue weighted by Crippen LogP contribution is 2.05. The second-order valence-electron chi connectivity index (χ2n) is 10.6. The van der Waals surface area contributed by atoms with Crippen molar-refractivity contribution in [2.24, 2.45) is 5.73 Å². The summed E-state index contributed by atoms with van der Waals surface area (Å²) >= 11 is 0. The number of ether oxygens (including phenoxy) is 6. The summed E-state index contributed by atoms with van der Waals surface area (Å²) in [4.78, 5) is 57.7. The molecule has 0 bridgehead atoms. The molecule has 0 atom stereocenters. The first-order valence-electron chi connectivity index (χ1n) is 18.0. The van der Waals surface area contributed by atoms with Crippen LogP contribution in [0, 0.1) is 6.92 Å². The zero-order chi connectivity index (χ0) is 39.5. The molecule has 0 aliphatic rings. The van der Waals surface area contributed by atoms with Crippen LogP contribution in [-0.4, -0.2) is 71.5 Å². The fourth-order valence-corrected chi connectivity index (χ4v) is 3.13. The summed E-state index contributed by atoms with van der Waals surface area (Å²) in [5.41, 5.74) is 6.84. The van der Waals surface area contributed by atoms with Gasteiger partial charge in [0.25, 0.3) is 32.4 Å². The molecule has 0 aromatic heterocycles. The SMILES string of the molecule is CCCCCCCCOC=O.CCCCCCOC=O.CCCCOC=O.CCCOC(N)=O.CCCOC=O.Cc1ccc(COC=O)cc1. The highest BCUT2D eigenvalue weighted by molar-refractivity contribution is 5.64. The van der Waals surface area contributed by atoms with Gasteiger partial charge >= 0.3 is 6.09 Å². The van der Waals surface area contributed by atoms with E-state index in [2.05, 4.69) is 48.0 Å². The molecule has 13 heteroatoms. The lowest BCUT2D eigenvalue weighted by atomic mass is 10.1. The van der Waals surface area contributed by atoms with Crippen LogP contribution in [0.2, 0.25) is 0 Å². The van der Waals surface area contributed by atoms with Gasteiger partial charge in [0.15, 0.2) is 0 Å². The Morgan fingerprint density at radius 2 is 0.863 bits per heavy atom. The van der Waals surface area contributed by atoms with Gasteiger partial charge in [0, 0.05) is 0 Å². The molecule has 0 unspecified atom stereocenters. The van der Waals surface area contributed by atoms with E-state index in [4.69, 9.17) is 0 Å². The maximum absolute atomic E-state index is 9.82. The van der Waals surface area contributed by atoms with E-state index in [-0.39, 0.29) is 0 Å². The van der Waals surface area contributed by atoms with Crippen molar-refractivity contribution in [3.8, 4) is 0 Å². The van der Waals surface area contributed by atoms with Crippen molar-refractivity contribution in [1.82, 2.24) is 0 Å². The van der Waals surface area contributed by atoms with Gasteiger partial charge in [-0.05, 0) is 44.6 Å². The molecule has 51 heavy (non-hydrogen) atoms. The summed E-state index contributed by atoms with van der Waals surface area (Å²) in [6, 6.07) is 7.87. The maximum Gasteiger partial charge on any atom is 0.404 e. The average Bonchev–Trinajstić information content (AvgIpc) is 3.14. The molecule has 1 amide bonds. The van der Waals surface area contributed by atoms with Crippen LogP contribution in [0.15, 0.2) is 24.3 Å². The van der Waals surface area contributed by atoms with E-state index in [1.54, 1.807) is 0 Å². The van der Waals surface area contributed by atoms with Gasteiger partial charge in [-0.15, -0.1) is 0 Å². The Labute approximate surface area is 307 Å². The Hall–Kier alpha value is -4.16. The van der Waals surface area contributed by atoms with Gasteiger partial charge in [-0.3, -0.25) is 24.0 Å². The summed E-state index contributed by atoms with van der Waals surface area (Å²) in [7, 11) is 0. The molecule has 1 aromatic rings. The Balaban J connectivity index is -0.000000169. The van der Waals surface area contributed by atoms with Crippen LogP contribution in [0.25, 0.3) is 0 Å². The summed E-state index contributed by atoms with van der Waals surface area (Å²) in [6.07, 6.45) is 15.1. The summed E-state index contributed by atoms with van der Waals surface area (Å²) in [5.74, 6) is 0. The monoisotopic (exact) mass is 731 g/mol. The van der Waals surface area contributed by atoms with Crippen molar-refractivity contribution < 1.29 is 57.2 Å². The molecule has 1 rings (SSSR count). The van der Waals surface area contributed by atoms with Crippen LogP contribution in [0.1, 0.15) is 136 Å². The fourth-order valence-electron chi connectivity index (χ4n) is 3.13. The molecule has 2 N–H and O–H groups in total. The molecule has 0 fully saturated rings. The largest absolute Gasteiger partial charge is 0.468 e. The van der Waals surface area contributed by atoms with Gasteiger partial charge in [-0.2, -0.15) is 0 Å². The molecular formula is C38H69NO12. The lowest BCUT2D eigenvalue weighted by molar-refractivity contribution is -0.130. The quantitative estimate of drug-likeness (QED) is 0.0552. The molecule has 13 nitrogen and oxygen atoms in total. The van der Waals surface area contributed by atoms with Gasteiger partial charge in [0.2, 0.25) is 0 Å². The zero-order valence-corrected chi connectivity index (χ0v) is 32.3. The van der Waals surface area contributed by atoms with E-state index in [0.29, 0.717) is 72.0 Å². The number of nitrogens with two attached hydrogens (primary N) is 1. The van der Waals surface area contributed by atoms with E-state index in [0.717, 1.165) is 44.1 Å². The third kappa shape index (κ3) is 72.6. The minimum atomic E-state index is -0.693.